The molecule has 0 bridgehead atoms. The van der Waals surface area contributed by atoms with Gasteiger partial charge < -0.3 is 4.74 Å². The number of nitrogens with one attached hydrogen (secondary N) is 1. The first-order chi connectivity index (χ1) is 7.58. The first-order valence-corrected chi connectivity index (χ1v) is 5.11. The van der Waals surface area contributed by atoms with E-state index >= 15 is 0 Å². The molecule has 1 rings (SSSR count). The summed E-state index contributed by atoms with van der Waals surface area (Å²) in [7, 11) is 0. The van der Waals surface area contributed by atoms with Gasteiger partial charge in [0.05, 0.1) is 0 Å². The number of carbonyl (C=O) groups excluding carboxylic acids is 1. The average molecular weight is 217 g/mol. The number of aldehydes is 1. The van der Waals surface area contributed by atoms with Crippen LogP contribution in [0, 0.1) is 12.3 Å². The molecule has 0 atom stereocenters. The second kappa shape index (κ2) is 5.29. The van der Waals surface area contributed by atoms with E-state index in [4.69, 9.17) is 10.1 Å². The highest BCUT2D eigenvalue weighted by Gasteiger charge is 2.09. The number of carbonyl (C=O) groups is 1. The van der Waals surface area contributed by atoms with Crippen LogP contribution in [0.15, 0.2) is 24.0 Å². The van der Waals surface area contributed by atoms with E-state index in [1.54, 1.807) is 0 Å². The van der Waals surface area contributed by atoms with Crippen molar-refractivity contribution in [3.63, 3.8) is 0 Å². The van der Waals surface area contributed by atoms with Crippen LogP contribution >= 0.6 is 0 Å². The van der Waals surface area contributed by atoms with Crippen LogP contribution in [0.4, 0.5) is 0 Å². The van der Waals surface area contributed by atoms with Crippen molar-refractivity contribution in [3.05, 3.63) is 35.1 Å². The highest BCUT2D eigenvalue weighted by atomic mass is 16.5. The van der Waals surface area contributed by atoms with Crippen LogP contribution in [0.2, 0.25) is 0 Å². The van der Waals surface area contributed by atoms with Gasteiger partial charge in [-0.2, -0.15) is 0 Å². The summed E-state index contributed by atoms with van der Waals surface area (Å²) in [6, 6.07) is 5.74. The van der Waals surface area contributed by atoms with Crippen LogP contribution in [-0.4, -0.2) is 12.2 Å². The Kier molecular flexibility index (Phi) is 4.03. The molecule has 3 nitrogen and oxygen atoms in total. The van der Waals surface area contributed by atoms with Crippen molar-refractivity contribution < 1.29 is 9.53 Å². The second-order valence-electron chi connectivity index (χ2n) is 3.91. The molecule has 0 aromatic heterocycles. The van der Waals surface area contributed by atoms with E-state index in [0.717, 1.165) is 11.1 Å². The molecule has 84 valence electrons. The van der Waals surface area contributed by atoms with Crippen molar-refractivity contribution in [2.45, 2.75) is 26.7 Å². The first kappa shape index (κ1) is 12.2. The van der Waals surface area contributed by atoms with Gasteiger partial charge in [-0.1, -0.05) is 31.5 Å². The monoisotopic (exact) mass is 217 g/mol. The molecule has 1 aromatic carbocycles. The third kappa shape index (κ3) is 2.81. The van der Waals surface area contributed by atoms with Gasteiger partial charge in [0.25, 0.3) is 0 Å². The van der Waals surface area contributed by atoms with E-state index in [1.807, 2.05) is 31.0 Å². The molecular formula is C13H15NO2. The molecule has 0 spiro atoms. The normalized spacial score (nSPS) is 9.75. The van der Waals surface area contributed by atoms with Crippen LogP contribution in [0.25, 0.3) is 0 Å². The minimum atomic E-state index is -0.106. The number of hydrogen-bond donors (Lipinski definition) is 1. The fraction of sp³-hybridized carbons (Fsp3) is 0.308. The number of benzene rings is 1. The summed E-state index contributed by atoms with van der Waals surface area (Å²) in [5.74, 6) is 2.76. The summed E-state index contributed by atoms with van der Waals surface area (Å²) in [6.45, 7) is 6.11. The van der Waals surface area contributed by atoms with Gasteiger partial charge >= 0.3 is 0 Å². The molecule has 0 saturated heterocycles. The van der Waals surface area contributed by atoms with Crippen molar-refractivity contribution in [1.29, 1.82) is 5.41 Å². The van der Waals surface area contributed by atoms with Crippen LogP contribution in [0.5, 0.6) is 5.75 Å². The number of allylic oxidation sites excluding steroid dienone is 1. The van der Waals surface area contributed by atoms with Gasteiger partial charge in [0.15, 0.2) is 6.29 Å². The predicted molar refractivity (Wildman–Crippen MR) is 63.2 cm³/mol. The first-order valence-electron chi connectivity index (χ1n) is 5.11. The second-order valence-corrected chi connectivity index (χ2v) is 3.91. The minimum absolute atomic E-state index is 0.106. The van der Waals surface area contributed by atoms with Crippen LogP contribution in [0.1, 0.15) is 30.9 Å². The molecule has 0 amide bonds. The summed E-state index contributed by atoms with van der Waals surface area (Å²) >= 11 is 0. The smallest absolute Gasteiger partial charge is 0.227 e. The molecule has 1 N–H and O–H groups in total. The number of aryl methyl sites for hydroxylation is 1. The Morgan fingerprint density at radius 1 is 1.50 bits per heavy atom. The Hall–Kier alpha value is -1.86. The molecule has 0 aliphatic heterocycles. The Balaban J connectivity index is 3.13. The van der Waals surface area contributed by atoms with Gasteiger partial charge in [0.2, 0.25) is 5.76 Å². The topological polar surface area (TPSA) is 50.1 Å². The molecule has 3 heteroatoms. The molecule has 0 aliphatic rings. The average Bonchev–Trinajstić information content (AvgIpc) is 2.27. The van der Waals surface area contributed by atoms with E-state index < -0.39 is 0 Å². The number of hydrogen-bond acceptors (Lipinski definition) is 3. The molecule has 0 unspecified atom stereocenters. The highest BCUT2D eigenvalue weighted by Crippen LogP contribution is 2.28. The SMILES string of the molecule is Cc1ccc(OC(=C=N)C=O)c(C(C)C)c1. The molecule has 0 fully saturated rings. The van der Waals surface area contributed by atoms with Gasteiger partial charge in [-0.15, -0.1) is 0 Å². The van der Waals surface area contributed by atoms with Crippen molar-refractivity contribution >= 4 is 12.2 Å². The summed E-state index contributed by atoms with van der Waals surface area (Å²) in [6.07, 6.45) is 0.483. The lowest BCUT2D eigenvalue weighted by molar-refractivity contribution is -0.106. The number of ether oxygens (including phenoxy) is 1. The maximum atomic E-state index is 10.5. The number of rotatable bonds is 4. The highest BCUT2D eigenvalue weighted by molar-refractivity contribution is 5.84. The maximum absolute atomic E-state index is 10.5. The van der Waals surface area contributed by atoms with E-state index in [-0.39, 0.29) is 5.76 Å². The summed E-state index contributed by atoms with van der Waals surface area (Å²) < 4.78 is 5.31. The van der Waals surface area contributed by atoms with E-state index in [0.29, 0.717) is 18.0 Å². The fourth-order valence-electron chi connectivity index (χ4n) is 1.41. The quantitative estimate of drug-likeness (QED) is 0.365. The zero-order valence-electron chi connectivity index (χ0n) is 9.70. The maximum Gasteiger partial charge on any atom is 0.227 e. The molecule has 0 radical (unpaired) electrons. The summed E-state index contributed by atoms with van der Waals surface area (Å²) in [4.78, 5) is 10.5. The van der Waals surface area contributed by atoms with Crippen molar-refractivity contribution in [2.75, 3.05) is 0 Å². The molecule has 16 heavy (non-hydrogen) atoms. The minimum Gasteiger partial charge on any atom is -0.444 e. The van der Waals surface area contributed by atoms with Crippen LogP contribution in [0.3, 0.4) is 0 Å². The standard InChI is InChI=1S/C13H15NO2/c1-9(2)12-6-10(3)4-5-13(12)16-11(7-14)8-15/h4-6,8-9,14H,1-3H3. The lowest BCUT2D eigenvalue weighted by Gasteiger charge is -2.13. The lowest BCUT2D eigenvalue weighted by atomic mass is 10.00. The van der Waals surface area contributed by atoms with Gasteiger partial charge in [-0.05, 0) is 24.5 Å². The van der Waals surface area contributed by atoms with E-state index in [2.05, 4.69) is 13.8 Å². The molecule has 0 heterocycles. The van der Waals surface area contributed by atoms with Crippen LogP contribution < -0.4 is 4.74 Å². The van der Waals surface area contributed by atoms with E-state index in [1.165, 1.54) is 0 Å². The fourth-order valence-corrected chi connectivity index (χ4v) is 1.41. The van der Waals surface area contributed by atoms with E-state index in [9.17, 15) is 4.79 Å². The Labute approximate surface area is 95.3 Å². The molecular weight excluding hydrogens is 202 g/mol. The lowest BCUT2D eigenvalue weighted by Crippen LogP contribution is -2.01. The third-order valence-electron chi connectivity index (χ3n) is 2.24. The van der Waals surface area contributed by atoms with Crippen molar-refractivity contribution in [2.24, 2.45) is 0 Å². The van der Waals surface area contributed by atoms with Gasteiger partial charge in [0.1, 0.15) is 5.75 Å². The Morgan fingerprint density at radius 3 is 2.69 bits per heavy atom. The molecule has 0 saturated carbocycles. The summed E-state index contributed by atoms with van der Waals surface area (Å²) in [5, 5.41) is 6.89. The van der Waals surface area contributed by atoms with Gasteiger partial charge in [-0.3, -0.25) is 10.2 Å². The Bertz CT molecular complexity index is 443. The Morgan fingerprint density at radius 2 is 2.19 bits per heavy atom. The predicted octanol–water partition coefficient (Wildman–Crippen LogP) is 2.83. The summed E-state index contributed by atoms with van der Waals surface area (Å²) in [5.41, 5.74) is 2.16. The largest absolute Gasteiger partial charge is 0.444 e. The molecule has 0 aliphatic carbocycles. The zero-order chi connectivity index (χ0) is 12.1. The molecule has 1 aromatic rings. The zero-order valence-corrected chi connectivity index (χ0v) is 9.70. The van der Waals surface area contributed by atoms with Gasteiger partial charge in [0, 0.05) is 5.87 Å². The third-order valence-corrected chi connectivity index (χ3v) is 2.24. The van der Waals surface area contributed by atoms with Crippen molar-refractivity contribution in [1.82, 2.24) is 0 Å². The van der Waals surface area contributed by atoms with Crippen LogP contribution in [-0.2, 0) is 4.79 Å². The van der Waals surface area contributed by atoms with Crippen molar-refractivity contribution in [3.8, 4) is 5.75 Å². The van der Waals surface area contributed by atoms with Gasteiger partial charge in [-0.25, -0.2) is 0 Å².